The van der Waals surface area contributed by atoms with Crippen LogP contribution in [-0.2, 0) is 33.2 Å². The first-order chi connectivity index (χ1) is 40.8. The van der Waals surface area contributed by atoms with Gasteiger partial charge in [-0.25, -0.2) is 0 Å². The van der Waals surface area contributed by atoms with Gasteiger partial charge in [-0.3, -0.25) is 4.79 Å². The summed E-state index contributed by atoms with van der Waals surface area (Å²) in [6, 6.07) is -0.879. The van der Waals surface area contributed by atoms with Crippen LogP contribution in [0.2, 0.25) is 0 Å². The summed E-state index contributed by atoms with van der Waals surface area (Å²) in [7, 11) is 0. The monoisotopic (exact) mass is 1200 g/mol. The van der Waals surface area contributed by atoms with Crippen molar-refractivity contribution in [1.29, 1.82) is 0 Å². The molecule has 3 fully saturated rings. The summed E-state index contributed by atoms with van der Waals surface area (Å²) in [5.41, 5.74) is 0. The zero-order valence-corrected chi connectivity index (χ0v) is 51.9. The highest BCUT2D eigenvalue weighted by Crippen LogP contribution is 2.33. The van der Waals surface area contributed by atoms with Crippen molar-refractivity contribution in [2.45, 2.75) is 356 Å². The molecule has 17 atom stereocenters. The van der Waals surface area contributed by atoms with Crippen LogP contribution >= 0.6 is 0 Å². The second-order valence-corrected chi connectivity index (χ2v) is 24.3. The van der Waals surface area contributed by atoms with Gasteiger partial charge in [0.05, 0.1) is 38.6 Å². The van der Waals surface area contributed by atoms with Crippen LogP contribution in [0.1, 0.15) is 251 Å². The molecule has 0 aliphatic carbocycles. The molecule has 0 bridgehead atoms. The predicted octanol–water partition coefficient (Wildman–Crippen LogP) is 7.88. The fraction of sp³-hybridized carbons (Fsp3) is 0.923. The molecule has 0 aromatic heterocycles. The van der Waals surface area contributed by atoms with Gasteiger partial charge in [0.25, 0.3) is 0 Å². The second-order valence-electron chi connectivity index (χ2n) is 24.3. The Balaban J connectivity index is 1.23. The number of amides is 1. The van der Waals surface area contributed by atoms with Crippen molar-refractivity contribution in [3.63, 3.8) is 0 Å². The Labute approximate surface area is 505 Å². The molecule has 19 nitrogen and oxygen atoms in total. The number of unbranched alkanes of at least 4 members (excludes halogenated alkanes) is 31. The van der Waals surface area contributed by atoms with Crippen molar-refractivity contribution in [3.05, 3.63) is 24.3 Å². The third kappa shape index (κ3) is 30.7. The minimum atomic E-state index is -1.97. The molecule has 3 heterocycles. The zero-order chi connectivity index (χ0) is 61.2. The van der Waals surface area contributed by atoms with Crippen molar-refractivity contribution in [2.24, 2.45) is 0 Å². The third-order valence-electron chi connectivity index (χ3n) is 17.0. The van der Waals surface area contributed by atoms with Crippen molar-refractivity contribution >= 4 is 5.91 Å². The van der Waals surface area contributed by atoms with Crippen molar-refractivity contribution in [2.75, 3.05) is 26.4 Å². The lowest BCUT2D eigenvalue weighted by atomic mass is 9.96. The summed E-state index contributed by atoms with van der Waals surface area (Å²) < 4.78 is 34.1. The first-order valence-corrected chi connectivity index (χ1v) is 33.6. The number of rotatable bonds is 51. The van der Waals surface area contributed by atoms with Gasteiger partial charge in [0.1, 0.15) is 73.2 Å². The first-order valence-electron chi connectivity index (χ1n) is 33.6. The maximum atomic E-state index is 13.2. The number of hydrogen-bond donors (Lipinski definition) is 12. The Hall–Kier alpha value is -1.73. The highest BCUT2D eigenvalue weighted by Gasteiger charge is 2.53. The Bertz CT molecular complexity index is 1630. The normalized spacial score (nSPS) is 29.3. The lowest BCUT2D eigenvalue weighted by Gasteiger charge is -2.48. The number of aliphatic hydroxyl groups excluding tert-OH is 11. The maximum Gasteiger partial charge on any atom is 0.220 e. The molecule has 0 spiro atoms. The van der Waals surface area contributed by atoms with Crippen LogP contribution in [0.15, 0.2) is 24.3 Å². The molecule has 3 saturated heterocycles. The van der Waals surface area contributed by atoms with Gasteiger partial charge >= 0.3 is 0 Å². The van der Waals surface area contributed by atoms with E-state index in [-0.39, 0.29) is 18.9 Å². The first kappa shape index (κ1) is 76.5. The average Bonchev–Trinajstić information content (AvgIpc) is 3.52. The van der Waals surface area contributed by atoms with Crippen LogP contribution < -0.4 is 5.32 Å². The molecule has 17 unspecified atom stereocenters. The van der Waals surface area contributed by atoms with Gasteiger partial charge in [-0.05, 0) is 44.9 Å². The summed E-state index contributed by atoms with van der Waals surface area (Å²) in [5, 5.41) is 120. The number of allylic oxidation sites excluding steroid dienone is 4. The molecule has 1 amide bonds. The van der Waals surface area contributed by atoms with Gasteiger partial charge in [-0.15, -0.1) is 0 Å². The van der Waals surface area contributed by atoms with E-state index in [0.29, 0.717) is 19.3 Å². The highest BCUT2D eigenvalue weighted by atomic mass is 16.8. The minimum Gasteiger partial charge on any atom is -0.394 e. The Morgan fingerprint density at radius 2 is 0.786 bits per heavy atom. The molecule has 0 radical (unpaired) electrons. The van der Waals surface area contributed by atoms with Crippen LogP contribution in [0.5, 0.6) is 0 Å². The van der Waals surface area contributed by atoms with E-state index in [1.54, 1.807) is 0 Å². The Morgan fingerprint density at radius 1 is 0.429 bits per heavy atom. The Kier molecular flexibility index (Phi) is 43.9. The van der Waals surface area contributed by atoms with Gasteiger partial charge in [0, 0.05) is 6.42 Å². The van der Waals surface area contributed by atoms with E-state index in [0.717, 1.165) is 44.9 Å². The number of aliphatic hydroxyl groups is 11. The lowest BCUT2D eigenvalue weighted by molar-refractivity contribution is -0.379. The number of ether oxygens (including phenoxy) is 6. The van der Waals surface area contributed by atoms with E-state index >= 15 is 0 Å². The molecule has 3 rings (SSSR count). The standard InChI is InChI=1S/C65H121NO18/c1-3-5-7-9-10-11-12-13-14-15-16-17-18-19-20-21-22-23-24-25-26-27-28-29-30-31-32-33-34-35-36-37-38-39-41-43-53(71)66-48(49(70)42-40-8-6-4-2)47-79-63-59(77)56(74)61(51(45-68)81-63)84-65-60(78)57(75)62(52(46-69)82-65)83-64-58(76)55(73)54(72)50(44-67)80-64/h12-13,15-16,48-52,54-65,67-70,72-78H,3-11,14,17-47H2,1-2H3,(H,66,71)/b13-12-,16-15-. The van der Waals surface area contributed by atoms with Gasteiger partial charge in [0.2, 0.25) is 5.91 Å². The van der Waals surface area contributed by atoms with Crippen molar-refractivity contribution < 1.29 is 89.4 Å². The molecular weight excluding hydrogens is 1080 g/mol. The molecule has 0 aromatic carbocycles. The number of nitrogens with one attached hydrogen (secondary N) is 1. The third-order valence-corrected chi connectivity index (χ3v) is 17.0. The smallest absolute Gasteiger partial charge is 0.220 e. The Morgan fingerprint density at radius 3 is 1.21 bits per heavy atom. The summed E-state index contributed by atoms with van der Waals surface area (Å²) in [4.78, 5) is 13.2. The number of hydrogen-bond acceptors (Lipinski definition) is 18. The molecule has 3 aliphatic rings. The minimum absolute atomic E-state index is 0.248. The van der Waals surface area contributed by atoms with E-state index in [2.05, 4.69) is 43.5 Å². The van der Waals surface area contributed by atoms with E-state index in [1.165, 1.54) is 167 Å². The zero-order valence-electron chi connectivity index (χ0n) is 51.9. The quantitative estimate of drug-likeness (QED) is 0.0204. The van der Waals surface area contributed by atoms with Crippen LogP contribution in [-0.4, -0.2) is 193 Å². The summed E-state index contributed by atoms with van der Waals surface area (Å²) >= 11 is 0. The highest BCUT2D eigenvalue weighted by molar-refractivity contribution is 5.76. The molecule has 0 saturated carbocycles. The van der Waals surface area contributed by atoms with Gasteiger partial charge in [-0.2, -0.15) is 0 Å². The van der Waals surface area contributed by atoms with E-state index in [9.17, 15) is 61.0 Å². The fourth-order valence-electron chi connectivity index (χ4n) is 11.5. The van der Waals surface area contributed by atoms with Crippen molar-refractivity contribution in [3.8, 4) is 0 Å². The molecule has 0 aromatic rings. The molecule has 84 heavy (non-hydrogen) atoms. The van der Waals surface area contributed by atoms with Gasteiger partial charge in [0.15, 0.2) is 18.9 Å². The topological polar surface area (TPSA) is 307 Å². The molecule has 3 aliphatic heterocycles. The van der Waals surface area contributed by atoms with E-state index < -0.39 is 124 Å². The molecule has 494 valence electrons. The predicted molar refractivity (Wildman–Crippen MR) is 323 cm³/mol. The summed E-state index contributed by atoms with van der Waals surface area (Å²) in [6.07, 6.45) is 26.9. The second kappa shape index (κ2) is 48.2. The lowest BCUT2D eigenvalue weighted by Crippen LogP contribution is -2.66. The van der Waals surface area contributed by atoms with Crippen molar-refractivity contribution in [1.82, 2.24) is 5.32 Å². The SMILES string of the molecule is CCCCCCC/C=C\C/C=C\CCCCCCCCCCCCCCCCCCCCCCCCCC(=O)NC(COC1OC(CO)C(OC2OC(CO)C(OC3OC(CO)C(O)C(O)C3O)C(O)C2O)C(O)C1O)C(O)CCCCCC. The average molecular weight is 1200 g/mol. The molecule has 19 heteroatoms. The van der Waals surface area contributed by atoms with Crippen LogP contribution in [0, 0.1) is 0 Å². The van der Waals surface area contributed by atoms with Crippen LogP contribution in [0.25, 0.3) is 0 Å². The van der Waals surface area contributed by atoms with Gasteiger partial charge < -0.3 is 89.9 Å². The molecule has 12 N–H and O–H groups in total. The van der Waals surface area contributed by atoms with Gasteiger partial charge in [-0.1, -0.05) is 224 Å². The van der Waals surface area contributed by atoms with E-state index in [4.69, 9.17) is 28.4 Å². The van der Waals surface area contributed by atoms with E-state index in [1.807, 2.05) is 0 Å². The number of carbonyl (C=O) groups is 1. The maximum absolute atomic E-state index is 13.2. The summed E-state index contributed by atoms with van der Waals surface area (Å²) in [5.74, 6) is -0.248. The largest absolute Gasteiger partial charge is 0.394 e. The summed E-state index contributed by atoms with van der Waals surface area (Å²) in [6.45, 7) is 1.65. The fourth-order valence-corrected chi connectivity index (χ4v) is 11.5. The van der Waals surface area contributed by atoms with Crippen LogP contribution in [0.4, 0.5) is 0 Å². The number of carbonyl (C=O) groups excluding carboxylic acids is 1. The van der Waals surface area contributed by atoms with Crippen LogP contribution in [0.3, 0.4) is 0 Å². The molecular formula is C65H121NO18.